The fourth-order valence-corrected chi connectivity index (χ4v) is 1.09. The van der Waals surface area contributed by atoms with Crippen LogP contribution >= 0.6 is 0 Å². The molecule has 0 aromatic rings. The van der Waals surface area contributed by atoms with E-state index in [1.807, 2.05) is 0 Å². The second-order valence-electron chi connectivity index (χ2n) is 3.97. The molecule has 2 atom stereocenters. The Balaban J connectivity index is 3.39. The van der Waals surface area contributed by atoms with Crippen LogP contribution in [0.3, 0.4) is 0 Å². The summed E-state index contributed by atoms with van der Waals surface area (Å²) in [6.07, 6.45) is 1.89. The first-order valence-electron chi connectivity index (χ1n) is 4.97. The lowest BCUT2D eigenvalue weighted by molar-refractivity contribution is 0.140. The Kier molecular flexibility index (Phi) is 6.39. The molecule has 0 spiro atoms. The van der Waals surface area contributed by atoms with Gasteiger partial charge in [0.1, 0.15) is 0 Å². The van der Waals surface area contributed by atoms with Crippen molar-refractivity contribution < 1.29 is 5.11 Å². The molecule has 2 unspecified atom stereocenters. The van der Waals surface area contributed by atoms with Crippen LogP contribution in [-0.2, 0) is 0 Å². The number of nitrogens with one attached hydrogen (secondary N) is 1. The molecule has 0 aliphatic rings. The average Bonchev–Trinajstić information content (AvgIpc) is 2.00. The summed E-state index contributed by atoms with van der Waals surface area (Å²) in [5, 5.41) is 12.8. The van der Waals surface area contributed by atoms with E-state index in [2.05, 4.69) is 33.0 Å². The average molecular weight is 173 g/mol. The molecule has 0 aromatic heterocycles. The predicted molar refractivity (Wildman–Crippen MR) is 53.2 cm³/mol. The van der Waals surface area contributed by atoms with Gasteiger partial charge in [-0.05, 0) is 12.3 Å². The quantitative estimate of drug-likeness (QED) is 0.641. The van der Waals surface area contributed by atoms with E-state index >= 15 is 0 Å². The van der Waals surface area contributed by atoms with E-state index in [-0.39, 0.29) is 6.10 Å². The van der Waals surface area contributed by atoms with Gasteiger partial charge in [0.2, 0.25) is 0 Å². The fraction of sp³-hybridized carbons (Fsp3) is 1.00. The zero-order chi connectivity index (χ0) is 9.56. The van der Waals surface area contributed by atoms with Crippen LogP contribution in [0.2, 0.25) is 0 Å². The van der Waals surface area contributed by atoms with E-state index in [0.717, 1.165) is 19.4 Å². The lowest BCUT2D eigenvalue weighted by atomic mass is 10.0. The Morgan fingerprint density at radius 1 is 1.25 bits per heavy atom. The summed E-state index contributed by atoms with van der Waals surface area (Å²) in [7, 11) is 0. The molecule has 0 amide bonds. The van der Waals surface area contributed by atoms with Gasteiger partial charge < -0.3 is 10.4 Å². The summed E-state index contributed by atoms with van der Waals surface area (Å²) >= 11 is 0. The molecule has 0 bridgehead atoms. The van der Waals surface area contributed by atoms with Crippen LogP contribution in [0.1, 0.15) is 40.5 Å². The highest BCUT2D eigenvalue weighted by atomic mass is 16.3. The third-order valence-electron chi connectivity index (χ3n) is 2.13. The Hall–Kier alpha value is -0.0800. The maximum absolute atomic E-state index is 9.54. The van der Waals surface area contributed by atoms with E-state index in [1.54, 1.807) is 0 Å². The lowest BCUT2D eigenvalue weighted by Crippen LogP contribution is -2.32. The van der Waals surface area contributed by atoms with E-state index < -0.39 is 0 Å². The van der Waals surface area contributed by atoms with Gasteiger partial charge in [-0.15, -0.1) is 0 Å². The molecule has 0 aliphatic carbocycles. The van der Waals surface area contributed by atoms with Crippen LogP contribution in [-0.4, -0.2) is 23.8 Å². The Morgan fingerprint density at radius 2 is 1.83 bits per heavy atom. The van der Waals surface area contributed by atoms with Crippen LogP contribution in [0.5, 0.6) is 0 Å². The Morgan fingerprint density at radius 3 is 2.25 bits per heavy atom. The van der Waals surface area contributed by atoms with Gasteiger partial charge in [-0.1, -0.05) is 34.1 Å². The van der Waals surface area contributed by atoms with Gasteiger partial charge in [-0.3, -0.25) is 0 Å². The normalized spacial score (nSPS) is 16.5. The SMILES string of the molecule is CCC(C)CC(O)CNC(C)C. The summed E-state index contributed by atoms with van der Waals surface area (Å²) in [6, 6.07) is 0.469. The maximum Gasteiger partial charge on any atom is 0.0667 e. The zero-order valence-corrected chi connectivity index (χ0v) is 8.80. The van der Waals surface area contributed by atoms with Gasteiger partial charge in [-0.25, -0.2) is 0 Å². The third-order valence-corrected chi connectivity index (χ3v) is 2.13. The fourth-order valence-electron chi connectivity index (χ4n) is 1.09. The first-order chi connectivity index (χ1) is 5.56. The van der Waals surface area contributed by atoms with Gasteiger partial charge in [0.15, 0.2) is 0 Å². The van der Waals surface area contributed by atoms with Crippen molar-refractivity contribution in [2.75, 3.05) is 6.54 Å². The Bertz CT molecular complexity index is 104. The van der Waals surface area contributed by atoms with E-state index in [9.17, 15) is 5.11 Å². The van der Waals surface area contributed by atoms with Crippen molar-refractivity contribution in [3.05, 3.63) is 0 Å². The van der Waals surface area contributed by atoms with E-state index in [1.165, 1.54) is 0 Å². The molecule has 0 aliphatic heterocycles. The number of hydrogen-bond donors (Lipinski definition) is 2. The zero-order valence-electron chi connectivity index (χ0n) is 8.80. The molecular weight excluding hydrogens is 150 g/mol. The molecule has 12 heavy (non-hydrogen) atoms. The van der Waals surface area contributed by atoms with E-state index in [4.69, 9.17) is 0 Å². The summed E-state index contributed by atoms with van der Waals surface area (Å²) in [5.74, 6) is 0.633. The van der Waals surface area contributed by atoms with Gasteiger partial charge in [0, 0.05) is 12.6 Å². The number of rotatable bonds is 6. The Labute approximate surface area is 76.4 Å². The molecule has 2 N–H and O–H groups in total. The highest BCUT2D eigenvalue weighted by molar-refractivity contribution is 4.64. The standard InChI is InChI=1S/C10H23NO/c1-5-9(4)6-10(12)7-11-8(2)3/h8-12H,5-7H2,1-4H3. The van der Waals surface area contributed by atoms with Crippen LogP contribution in [0.25, 0.3) is 0 Å². The van der Waals surface area contributed by atoms with Crippen LogP contribution in [0.4, 0.5) is 0 Å². The van der Waals surface area contributed by atoms with E-state index in [0.29, 0.717) is 12.0 Å². The molecule has 0 rings (SSSR count). The second-order valence-corrected chi connectivity index (χ2v) is 3.97. The summed E-state index contributed by atoms with van der Waals surface area (Å²) in [4.78, 5) is 0. The lowest BCUT2D eigenvalue weighted by Gasteiger charge is -2.16. The molecule has 0 heterocycles. The van der Waals surface area contributed by atoms with Crippen molar-refractivity contribution in [2.24, 2.45) is 5.92 Å². The summed E-state index contributed by atoms with van der Waals surface area (Å²) < 4.78 is 0. The van der Waals surface area contributed by atoms with Crippen molar-refractivity contribution in [1.82, 2.24) is 5.32 Å². The molecule has 0 saturated heterocycles. The third kappa shape index (κ3) is 6.62. The monoisotopic (exact) mass is 173 g/mol. The molecule has 0 aromatic carbocycles. The topological polar surface area (TPSA) is 32.3 Å². The van der Waals surface area contributed by atoms with Gasteiger partial charge >= 0.3 is 0 Å². The number of aliphatic hydroxyl groups excluding tert-OH is 1. The first kappa shape index (κ1) is 11.9. The van der Waals surface area contributed by atoms with Gasteiger partial charge in [0.25, 0.3) is 0 Å². The largest absolute Gasteiger partial charge is 0.392 e. The first-order valence-corrected chi connectivity index (χ1v) is 4.97. The minimum absolute atomic E-state index is 0.178. The van der Waals surface area contributed by atoms with Crippen molar-refractivity contribution in [3.8, 4) is 0 Å². The molecule has 0 fully saturated rings. The van der Waals surface area contributed by atoms with Crippen LogP contribution in [0, 0.1) is 5.92 Å². The predicted octanol–water partition coefficient (Wildman–Crippen LogP) is 1.78. The molecule has 0 saturated carbocycles. The van der Waals surface area contributed by atoms with Crippen molar-refractivity contribution in [1.29, 1.82) is 0 Å². The van der Waals surface area contributed by atoms with Crippen LogP contribution < -0.4 is 5.32 Å². The minimum atomic E-state index is -0.178. The minimum Gasteiger partial charge on any atom is -0.392 e. The summed E-state index contributed by atoms with van der Waals surface area (Å²) in [5.41, 5.74) is 0. The second kappa shape index (κ2) is 6.44. The number of aliphatic hydroxyl groups is 1. The molecular formula is C10H23NO. The molecule has 2 heteroatoms. The summed E-state index contributed by atoms with van der Waals surface area (Å²) in [6.45, 7) is 9.25. The molecule has 0 radical (unpaired) electrons. The van der Waals surface area contributed by atoms with Gasteiger partial charge in [-0.2, -0.15) is 0 Å². The van der Waals surface area contributed by atoms with Crippen molar-refractivity contribution >= 4 is 0 Å². The molecule has 74 valence electrons. The maximum atomic E-state index is 9.54. The highest BCUT2D eigenvalue weighted by Crippen LogP contribution is 2.08. The van der Waals surface area contributed by atoms with Crippen molar-refractivity contribution in [2.45, 2.75) is 52.7 Å². The number of hydrogen-bond acceptors (Lipinski definition) is 2. The van der Waals surface area contributed by atoms with Crippen molar-refractivity contribution in [3.63, 3.8) is 0 Å². The smallest absolute Gasteiger partial charge is 0.0667 e. The van der Waals surface area contributed by atoms with Crippen LogP contribution in [0.15, 0.2) is 0 Å². The molecule has 2 nitrogen and oxygen atoms in total. The van der Waals surface area contributed by atoms with Gasteiger partial charge in [0.05, 0.1) is 6.10 Å². The highest BCUT2D eigenvalue weighted by Gasteiger charge is 2.08.